The molecule has 0 radical (unpaired) electrons. The minimum absolute atomic E-state index is 0.105. The van der Waals surface area contributed by atoms with E-state index in [9.17, 15) is 9.18 Å². The number of fused-ring (bicyclic) bond motifs is 1. The van der Waals surface area contributed by atoms with E-state index in [0.29, 0.717) is 20.0 Å². The van der Waals surface area contributed by atoms with Crippen molar-refractivity contribution in [3.05, 3.63) is 61.5 Å². The third kappa shape index (κ3) is 2.52. The molecule has 0 aliphatic rings. The van der Waals surface area contributed by atoms with Crippen molar-refractivity contribution >= 4 is 60.3 Å². The average Bonchev–Trinajstić information content (AvgIpc) is 2.89. The number of aromatic amines is 1. The monoisotopic (exact) mass is 430 g/mol. The Bertz CT molecular complexity index is 879. The summed E-state index contributed by atoms with van der Waals surface area (Å²) in [6.07, 6.45) is 1.53. The van der Waals surface area contributed by atoms with Gasteiger partial charge in [-0.05, 0) is 56.1 Å². The van der Waals surface area contributed by atoms with Gasteiger partial charge in [-0.15, -0.1) is 0 Å². The third-order valence-electron chi connectivity index (χ3n) is 3.01. The van der Waals surface area contributed by atoms with Crippen LogP contribution in [0.1, 0.15) is 15.9 Å². The molecule has 0 atom stereocenters. The first kappa shape index (κ1) is 14.7. The summed E-state index contributed by atoms with van der Waals surface area (Å²) in [6.45, 7) is 0. The van der Waals surface area contributed by atoms with Crippen LogP contribution >= 0.6 is 43.5 Å². The van der Waals surface area contributed by atoms with Crippen LogP contribution in [0.15, 0.2) is 39.5 Å². The van der Waals surface area contributed by atoms with Crippen molar-refractivity contribution in [3.63, 3.8) is 0 Å². The summed E-state index contributed by atoms with van der Waals surface area (Å²) in [7, 11) is 0. The third-order valence-corrected chi connectivity index (χ3v) is 4.73. The van der Waals surface area contributed by atoms with Gasteiger partial charge >= 0.3 is 0 Å². The first-order valence-corrected chi connectivity index (χ1v) is 7.76. The first-order chi connectivity index (χ1) is 9.99. The fraction of sp³-hybridized carbons (Fsp3) is 0. The maximum atomic E-state index is 13.4. The van der Waals surface area contributed by atoms with Gasteiger partial charge in [-0.25, -0.2) is 9.37 Å². The molecule has 0 saturated heterocycles. The summed E-state index contributed by atoms with van der Waals surface area (Å²) in [5.41, 5.74) is 1.85. The maximum absolute atomic E-state index is 13.4. The van der Waals surface area contributed by atoms with Crippen molar-refractivity contribution in [1.82, 2.24) is 9.97 Å². The molecule has 21 heavy (non-hydrogen) atoms. The van der Waals surface area contributed by atoms with Gasteiger partial charge in [0.15, 0.2) is 5.78 Å². The zero-order valence-corrected chi connectivity index (χ0v) is 14.2. The first-order valence-electron chi connectivity index (χ1n) is 5.80. The molecule has 0 fully saturated rings. The number of benzene rings is 2. The standard InChI is InChI=1S/C14H6Br2ClFN2O/c15-8-4-10-13(20-5-19-10)12(16)11(8)14(21)7-3-6(18)1-2-9(7)17/h1-5H,(H,19,20). The van der Waals surface area contributed by atoms with Gasteiger partial charge in [0.25, 0.3) is 0 Å². The molecule has 3 aromatic rings. The van der Waals surface area contributed by atoms with E-state index < -0.39 is 5.82 Å². The zero-order valence-electron chi connectivity index (χ0n) is 10.3. The molecule has 0 bridgehead atoms. The fourth-order valence-corrected chi connectivity index (χ4v) is 3.81. The zero-order chi connectivity index (χ0) is 15.1. The molecule has 0 aliphatic carbocycles. The van der Waals surface area contributed by atoms with Gasteiger partial charge in [-0.1, -0.05) is 11.6 Å². The number of carbonyl (C=O) groups excluding carboxylic acids is 1. The highest BCUT2D eigenvalue weighted by Crippen LogP contribution is 2.34. The van der Waals surface area contributed by atoms with Crippen molar-refractivity contribution < 1.29 is 9.18 Å². The Kier molecular flexibility index (Phi) is 3.86. The molecular formula is C14H6Br2ClFN2O. The average molecular weight is 432 g/mol. The highest BCUT2D eigenvalue weighted by molar-refractivity contribution is 9.11. The van der Waals surface area contributed by atoms with E-state index in [1.165, 1.54) is 18.5 Å². The number of H-pyrrole nitrogens is 1. The summed E-state index contributed by atoms with van der Waals surface area (Å²) >= 11 is 12.7. The minimum Gasteiger partial charge on any atom is -0.345 e. The molecule has 2 aromatic carbocycles. The van der Waals surface area contributed by atoms with Gasteiger partial charge in [0, 0.05) is 10.0 Å². The fourth-order valence-electron chi connectivity index (χ4n) is 2.03. The van der Waals surface area contributed by atoms with Crippen LogP contribution in [0.2, 0.25) is 5.02 Å². The SMILES string of the molecule is O=C(c1cc(F)ccc1Cl)c1c(Br)cc2[nH]cnc2c1Br. The number of ketones is 1. The molecule has 3 nitrogen and oxygen atoms in total. The van der Waals surface area contributed by atoms with Crippen LogP contribution in [0.5, 0.6) is 0 Å². The van der Waals surface area contributed by atoms with Crippen LogP contribution in [0, 0.1) is 5.82 Å². The Labute approximate surface area is 140 Å². The maximum Gasteiger partial charge on any atom is 0.196 e. The van der Waals surface area contributed by atoms with Crippen LogP contribution in [0.25, 0.3) is 11.0 Å². The molecule has 0 unspecified atom stereocenters. The molecule has 3 rings (SSSR count). The highest BCUT2D eigenvalue weighted by Gasteiger charge is 2.22. The summed E-state index contributed by atoms with van der Waals surface area (Å²) in [5.74, 6) is -0.904. The molecule has 106 valence electrons. The van der Waals surface area contributed by atoms with E-state index in [2.05, 4.69) is 41.8 Å². The number of hydrogen-bond donors (Lipinski definition) is 1. The van der Waals surface area contributed by atoms with Gasteiger partial charge in [-0.3, -0.25) is 4.79 Å². The Morgan fingerprint density at radius 3 is 2.81 bits per heavy atom. The van der Waals surface area contributed by atoms with Gasteiger partial charge in [0.2, 0.25) is 0 Å². The largest absolute Gasteiger partial charge is 0.345 e. The lowest BCUT2D eigenvalue weighted by atomic mass is 10.0. The molecule has 1 heterocycles. The van der Waals surface area contributed by atoms with E-state index in [1.807, 2.05) is 0 Å². The van der Waals surface area contributed by atoms with Crippen LogP contribution < -0.4 is 0 Å². The van der Waals surface area contributed by atoms with Crippen LogP contribution in [0.3, 0.4) is 0 Å². The summed E-state index contributed by atoms with van der Waals surface area (Å²) in [5, 5.41) is 0.197. The molecule has 0 amide bonds. The predicted octanol–water partition coefficient (Wildman–Crippen LogP) is 5.11. The van der Waals surface area contributed by atoms with E-state index >= 15 is 0 Å². The van der Waals surface area contributed by atoms with E-state index in [-0.39, 0.29) is 16.4 Å². The van der Waals surface area contributed by atoms with Crippen LogP contribution in [-0.4, -0.2) is 15.8 Å². The normalized spacial score (nSPS) is 11.0. The minimum atomic E-state index is -0.518. The number of aromatic nitrogens is 2. The van der Waals surface area contributed by atoms with Gasteiger partial charge in [0.1, 0.15) is 11.3 Å². The van der Waals surface area contributed by atoms with Crippen molar-refractivity contribution in [2.75, 3.05) is 0 Å². The lowest BCUT2D eigenvalue weighted by Gasteiger charge is -2.09. The lowest BCUT2D eigenvalue weighted by molar-refractivity contribution is 0.103. The predicted molar refractivity (Wildman–Crippen MR) is 86.3 cm³/mol. The number of nitrogens with one attached hydrogen (secondary N) is 1. The van der Waals surface area contributed by atoms with Crippen molar-refractivity contribution in [1.29, 1.82) is 0 Å². The molecule has 0 spiro atoms. The Hall–Kier alpha value is -1.24. The molecule has 7 heteroatoms. The molecule has 0 saturated carbocycles. The summed E-state index contributed by atoms with van der Waals surface area (Å²) in [4.78, 5) is 19.8. The molecule has 0 aliphatic heterocycles. The lowest BCUT2D eigenvalue weighted by Crippen LogP contribution is -2.05. The van der Waals surface area contributed by atoms with Gasteiger partial charge < -0.3 is 4.98 Å². The van der Waals surface area contributed by atoms with Gasteiger partial charge in [0.05, 0.1) is 26.9 Å². The molecule has 1 aromatic heterocycles. The quantitative estimate of drug-likeness (QED) is 0.572. The van der Waals surface area contributed by atoms with E-state index in [1.54, 1.807) is 6.07 Å². The second-order valence-corrected chi connectivity index (χ2v) is 6.35. The van der Waals surface area contributed by atoms with Crippen molar-refractivity contribution in [3.8, 4) is 0 Å². The highest BCUT2D eigenvalue weighted by atomic mass is 79.9. The number of halogens is 4. The van der Waals surface area contributed by atoms with Crippen molar-refractivity contribution in [2.24, 2.45) is 0 Å². The van der Waals surface area contributed by atoms with E-state index in [0.717, 1.165) is 11.6 Å². The number of imidazole rings is 1. The van der Waals surface area contributed by atoms with Crippen LogP contribution in [0.4, 0.5) is 4.39 Å². The van der Waals surface area contributed by atoms with Gasteiger partial charge in [-0.2, -0.15) is 0 Å². The number of rotatable bonds is 2. The topological polar surface area (TPSA) is 45.8 Å². The molecular weight excluding hydrogens is 426 g/mol. The van der Waals surface area contributed by atoms with E-state index in [4.69, 9.17) is 11.6 Å². The summed E-state index contributed by atoms with van der Waals surface area (Å²) < 4.78 is 14.5. The Balaban J connectivity index is 2.24. The number of hydrogen-bond acceptors (Lipinski definition) is 2. The number of nitrogens with zero attached hydrogens (tertiary/aromatic N) is 1. The van der Waals surface area contributed by atoms with Crippen LogP contribution in [-0.2, 0) is 0 Å². The summed E-state index contributed by atoms with van der Waals surface area (Å²) in [6, 6.07) is 5.44. The Morgan fingerprint density at radius 2 is 2.05 bits per heavy atom. The number of carbonyl (C=O) groups is 1. The van der Waals surface area contributed by atoms with Crippen molar-refractivity contribution in [2.45, 2.75) is 0 Å². The molecule has 1 N–H and O–H groups in total. The second kappa shape index (κ2) is 5.51. The Morgan fingerprint density at radius 1 is 1.29 bits per heavy atom. The second-order valence-electron chi connectivity index (χ2n) is 4.30. The smallest absolute Gasteiger partial charge is 0.196 e.